The number of benzene rings is 1. The van der Waals surface area contributed by atoms with Crippen LogP contribution in [-0.2, 0) is 4.74 Å². The molecule has 2 aromatic rings. The maximum Gasteiger partial charge on any atom is 0.214 e. The van der Waals surface area contributed by atoms with E-state index in [1.807, 2.05) is 25.1 Å². The molecule has 1 aromatic carbocycles. The second-order valence-corrected chi connectivity index (χ2v) is 5.98. The minimum atomic E-state index is 0.305. The zero-order valence-corrected chi connectivity index (χ0v) is 13.0. The van der Waals surface area contributed by atoms with Crippen LogP contribution < -0.4 is 4.74 Å². The fourth-order valence-corrected chi connectivity index (χ4v) is 3.28. The van der Waals surface area contributed by atoms with Crippen LogP contribution in [0.25, 0.3) is 5.69 Å². The third kappa shape index (κ3) is 3.19. The normalized spacial score (nSPS) is 18.1. The summed E-state index contributed by atoms with van der Waals surface area (Å²) >= 11 is 1.62. The first-order valence-corrected chi connectivity index (χ1v) is 7.94. The molecule has 2 heterocycles. The summed E-state index contributed by atoms with van der Waals surface area (Å²) in [4.78, 5) is 0. The average Bonchev–Trinajstić information content (AvgIpc) is 3.16. The number of thioether (sulfide) groups is 1. The van der Waals surface area contributed by atoms with Crippen molar-refractivity contribution in [3.05, 3.63) is 23.8 Å². The van der Waals surface area contributed by atoms with Crippen LogP contribution in [0.15, 0.2) is 23.4 Å². The summed E-state index contributed by atoms with van der Waals surface area (Å²) in [5.41, 5.74) is 1.99. The lowest BCUT2D eigenvalue weighted by Gasteiger charge is -2.11. The van der Waals surface area contributed by atoms with E-state index in [0.29, 0.717) is 6.10 Å². The first-order valence-electron chi connectivity index (χ1n) is 6.95. The first-order chi connectivity index (χ1) is 10.3. The van der Waals surface area contributed by atoms with E-state index in [-0.39, 0.29) is 0 Å². The van der Waals surface area contributed by atoms with Crippen molar-refractivity contribution in [3.8, 4) is 11.4 Å². The van der Waals surface area contributed by atoms with Crippen LogP contribution in [0.3, 0.4) is 0 Å². The van der Waals surface area contributed by atoms with E-state index in [4.69, 9.17) is 9.47 Å². The number of ether oxygens (including phenoxy) is 2. The molecule has 1 saturated heterocycles. The highest BCUT2D eigenvalue weighted by atomic mass is 32.2. The zero-order valence-electron chi connectivity index (χ0n) is 12.2. The molecule has 0 aliphatic carbocycles. The van der Waals surface area contributed by atoms with Gasteiger partial charge in [0.05, 0.1) is 13.2 Å². The van der Waals surface area contributed by atoms with Gasteiger partial charge in [0.15, 0.2) is 0 Å². The number of rotatable bonds is 5. The van der Waals surface area contributed by atoms with Crippen molar-refractivity contribution >= 4 is 11.8 Å². The predicted molar refractivity (Wildman–Crippen MR) is 80.1 cm³/mol. The lowest BCUT2D eigenvalue weighted by atomic mass is 10.2. The molecule has 0 amide bonds. The molecule has 1 aromatic heterocycles. The molecule has 112 valence electrons. The SMILES string of the molecule is COc1ccc(C)cc1-n1nnnc1SC[C@H]1CCCO1. The minimum absolute atomic E-state index is 0.305. The van der Waals surface area contributed by atoms with E-state index < -0.39 is 0 Å². The second-order valence-electron chi connectivity index (χ2n) is 4.99. The Morgan fingerprint density at radius 3 is 3.14 bits per heavy atom. The van der Waals surface area contributed by atoms with E-state index in [0.717, 1.165) is 47.4 Å². The maximum atomic E-state index is 5.64. The van der Waals surface area contributed by atoms with Gasteiger partial charge >= 0.3 is 0 Å². The smallest absolute Gasteiger partial charge is 0.214 e. The van der Waals surface area contributed by atoms with Crippen molar-refractivity contribution < 1.29 is 9.47 Å². The van der Waals surface area contributed by atoms with Gasteiger partial charge in [0, 0.05) is 12.4 Å². The van der Waals surface area contributed by atoms with Crippen molar-refractivity contribution in [1.82, 2.24) is 20.2 Å². The summed E-state index contributed by atoms with van der Waals surface area (Å²) in [5.74, 6) is 1.63. The van der Waals surface area contributed by atoms with Gasteiger partial charge in [-0.3, -0.25) is 0 Å². The van der Waals surface area contributed by atoms with Gasteiger partial charge in [-0.25, -0.2) is 0 Å². The maximum absolute atomic E-state index is 5.64. The number of nitrogens with zero attached hydrogens (tertiary/aromatic N) is 4. The van der Waals surface area contributed by atoms with Crippen LogP contribution in [0.2, 0.25) is 0 Å². The Balaban J connectivity index is 1.82. The van der Waals surface area contributed by atoms with Crippen LogP contribution in [0.4, 0.5) is 0 Å². The summed E-state index contributed by atoms with van der Waals surface area (Å²) < 4.78 is 12.8. The Kier molecular flexibility index (Phi) is 4.40. The topological polar surface area (TPSA) is 62.1 Å². The van der Waals surface area contributed by atoms with Gasteiger partial charge in [-0.15, -0.1) is 5.10 Å². The number of tetrazole rings is 1. The molecular formula is C14H18N4O2S. The van der Waals surface area contributed by atoms with Crippen molar-refractivity contribution in [2.24, 2.45) is 0 Å². The lowest BCUT2D eigenvalue weighted by Crippen LogP contribution is -2.09. The van der Waals surface area contributed by atoms with Crippen LogP contribution in [0, 0.1) is 6.92 Å². The first kappa shape index (κ1) is 14.3. The summed E-state index contributed by atoms with van der Waals surface area (Å²) in [5, 5.41) is 12.8. The lowest BCUT2D eigenvalue weighted by molar-refractivity contribution is 0.129. The Morgan fingerprint density at radius 1 is 1.48 bits per heavy atom. The van der Waals surface area contributed by atoms with Crippen LogP contribution >= 0.6 is 11.8 Å². The number of hydrogen-bond acceptors (Lipinski definition) is 6. The van der Waals surface area contributed by atoms with Crippen molar-refractivity contribution in [1.29, 1.82) is 0 Å². The largest absolute Gasteiger partial charge is 0.494 e. The third-order valence-electron chi connectivity index (χ3n) is 3.43. The Hall–Kier alpha value is -1.60. The molecule has 0 radical (unpaired) electrons. The monoisotopic (exact) mass is 306 g/mol. The van der Waals surface area contributed by atoms with Crippen molar-refractivity contribution in [2.75, 3.05) is 19.5 Å². The molecule has 3 rings (SSSR count). The number of aryl methyl sites for hydroxylation is 1. The van der Waals surface area contributed by atoms with Crippen molar-refractivity contribution in [3.63, 3.8) is 0 Å². The number of methoxy groups -OCH3 is 1. The van der Waals surface area contributed by atoms with E-state index in [9.17, 15) is 0 Å². The standard InChI is InChI=1S/C14H18N4O2S/c1-10-5-6-13(19-2)12(8-10)18-14(15-16-17-18)21-9-11-4-3-7-20-11/h5-6,8,11H,3-4,7,9H2,1-2H3/t11-/m1/s1. The molecular weight excluding hydrogens is 288 g/mol. The molecule has 1 aliphatic rings. The van der Waals surface area contributed by atoms with Gasteiger partial charge in [0.2, 0.25) is 5.16 Å². The fraction of sp³-hybridized carbons (Fsp3) is 0.500. The summed E-state index contributed by atoms with van der Waals surface area (Å²) in [6.07, 6.45) is 2.56. The zero-order chi connectivity index (χ0) is 14.7. The third-order valence-corrected chi connectivity index (χ3v) is 4.48. The van der Waals surface area contributed by atoms with Gasteiger partial charge in [-0.2, -0.15) is 4.68 Å². The van der Waals surface area contributed by atoms with Crippen molar-refractivity contribution in [2.45, 2.75) is 31.0 Å². The van der Waals surface area contributed by atoms with E-state index in [2.05, 4.69) is 15.5 Å². The highest BCUT2D eigenvalue weighted by molar-refractivity contribution is 7.99. The van der Waals surface area contributed by atoms with Gasteiger partial charge in [-0.05, 0) is 47.9 Å². The Bertz CT molecular complexity index is 611. The van der Waals surface area contributed by atoms with Crippen LogP contribution in [-0.4, -0.2) is 45.8 Å². The Labute approximate surface area is 127 Å². The van der Waals surface area contributed by atoms with Gasteiger partial charge in [0.1, 0.15) is 11.4 Å². The number of aromatic nitrogens is 4. The molecule has 1 fully saturated rings. The molecule has 0 saturated carbocycles. The molecule has 0 unspecified atom stereocenters. The highest BCUT2D eigenvalue weighted by Gasteiger charge is 2.19. The van der Waals surface area contributed by atoms with Crippen LogP contribution in [0.5, 0.6) is 5.75 Å². The molecule has 0 spiro atoms. The summed E-state index contributed by atoms with van der Waals surface area (Å²) in [7, 11) is 1.65. The minimum Gasteiger partial charge on any atom is -0.494 e. The Morgan fingerprint density at radius 2 is 2.38 bits per heavy atom. The molecule has 6 nitrogen and oxygen atoms in total. The molecule has 7 heteroatoms. The van der Waals surface area contributed by atoms with Gasteiger partial charge in [0.25, 0.3) is 0 Å². The quantitative estimate of drug-likeness (QED) is 0.790. The van der Waals surface area contributed by atoms with Crippen LogP contribution in [0.1, 0.15) is 18.4 Å². The summed E-state index contributed by atoms with van der Waals surface area (Å²) in [6, 6.07) is 5.96. The second kappa shape index (κ2) is 6.44. The van der Waals surface area contributed by atoms with E-state index >= 15 is 0 Å². The van der Waals surface area contributed by atoms with E-state index in [1.54, 1.807) is 23.6 Å². The predicted octanol–water partition coefficient (Wildman–Crippen LogP) is 2.25. The van der Waals surface area contributed by atoms with Gasteiger partial charge in [-0.1, -0.05) is 17.8 Å². The molecule has 0 bridgehead atoms. The molecule has 1 atom stereocenters. The highest BCUT2D eigenvalue weighted by Crippen LogP contribution is 2.28. The number of hydrogen-bond donors (Lipinski definition) is 0. The fourth-order valence-electron chi connectivity index (χ4n) is 2.33. The molecule has 21 heavy (non-hydrogen) atoms. The average molecular weight is 306 g/mol. The molecule has 0 N–H and O–H groups in total. The molecule has 1 aliphatic heterocycles. The van der Waals surface area contributed by atoms with Gasteiger partial charge < -0.3 is 9.47 Å². The van der Waals surface area contributed by atoms with E-state index in [1.165, 1.54) is 0 Å². The summed E-state index contributed by atoms with van der Waals surface area (Å²) in [6.45, 7) is 2.90.